The second-order valence-corrected chi connectivity index (χ2v) is 5.93. The molecule has 0 spiro atoms. The molecule has 22 heavy (non-hydrogen) atoms. The maximum atomic E-state index is 4.63. The zero-order valence-corrected chi connectivity index (χ0v) is 14.3. The Bertz CT molecular complexity index is 587. The summed E-state index contributed by atoms with van der Waals surface area (Å²) in [5.74, 6) is 2.63. The number of thiophene rings is 1. The molecule has 0 fully saturated rings. The minimum atomic E-state index is 0.610. The van der Waals surface area contributed by atoms with Crippen molar-refractivity contribution in [2.75, 3.05) is 6.54 Å². The zero-order chi connectivity index (χ0) is 15.8. The molecule has 0 aromatic carbocycles. The molecule has 0 aliphatic heterocycles. The van der Waals surface area contributed by atoms with Gasteiger partial charge in [-0.25, -0.2) is 4.99 Å². The minimum Gasteiger partial charge on any atom is -0.356 e. The van der Waals surface area contributed by atoms with Crippen LogP contribution in [0.15, 0.2) is 21.8 Å². The normalized spacial score (nSPS) is 11.7. The molecule has 2 aromatic rings. The lowest BCUT2D eigenvalue weighted by Gasteiger charge is -2.12. The van der Waals surface area contributed by atoms with Crippen LogP contribution >= 0.6 is 11.3 Å². The molecule has 0 aliphatic carbocycles. The van der Waals surface area contributed by atoms with E-state index in [2.05, 4.69) is 49.6 Å². The smallest absolute Gasteiger partial charge is 0.191 e. The summed E-state index contributed by atoms with van der Waals surface area (Å²) in [4.78, 5) is 4.63. The summed E-state index contributed by atoms with van der Waals surface area (Å²) in [6, 6.07) is 2.10. The average molecular weight is 320 g/mol. The largest absolute Gasteiger partial charge is 0.356 e. The monoisotopic (exact) mass is 320 g/mol. The molecule has 0 atom stereocenters. The fraction of sp³-hybridized carbons (Fsp3) is 0.533. The van der Waals surface area contributed by atoms with Crippen LogP contribution in [0.4, 0.5) is 0 Å². The summed E-state index contributed by atoms with van der Waals surface area (Å²) in [5, 5.41) is 19.1. The predicted octanol–water partition coefficient (Wildman–Crippen LogP) is 2.22. The molecule has 0 radical (unpaired) electrons. The van der Waals surface area contributed by atoms with Gasteiger partial charge >= 0.3 is 0 Å². The van der Waals surface area contributed by atoms with E-state index >= 15 is 0 Å². The number of guanidine groups is 1. The Morgan fingerprint density at radius 3 is 2.86 bits per heavy atom. The molecule has 7 heteroatoms. The Morgan fingerprint density at radius 1 is 1.36 bits per heavy atom. The highest BCUT2D eigenvalue weighted by atomic mass is 32.1. The van der Waals surface area contributed by atoms with Crippen LogP contribution in [0.3, 0.4) is 0 Å². The molecule has 2 heterocycles. The molecule has 0 bridgehead atoms. The van der Waals surface area contributed by atoms with Crippen LogP contribution in [0, 0.1) is 6.92 Å². The van der Waals surface area contributed by atoms with Crippen molar-refractivity contribution in [2.45, 2.75) is 39.8 Å². The summed E-state index contributed by atoms with van der Waals surface area (Å²) in [5.41, 5.74) is 1.23. The number of aromatic nitrogens is 3. The van der Waals surface area contributed by atoms with Crippen molar-refractivity contribution in [3.8, 4) is 0 Å². The molecule has 2 N–H and O–H groups in total. The van der Waals surface area contributed by atoms with Gasteiger partial charge in [-0.05, 0) is 35.7 Å². The van der Waals surface area contributed by atoms with Crippen molar-refractivity contribution >= 4 is 17.3 Å². The van der Waals surface area contributed by atoms with Gasteiger partial charge in [0.2, 0.25) is 0 Å². The van der Waals surface area contributed by atoms with E-state index in [-0.39, 0.29) is 0 Å². The molecule has 6 nitrogen and oxygen atoms in total. The Balaban J connectivity index is 1.94. The molecule has 2 aromatic heterocycles. The standard InChI is InChI=1S/C15H24N6S/c1-4-5-7-16-15(17-9-13-6-8-22-11-13)18-10-14-20-19-12(2)21(14)3/h6,8,11H,4-5,7,9-10H2,1-3H3,(H2,16,17,18). The average Bonchev–Trinajstić information content (AvgIpc) is 3.14. The molecule has 120 valence electrons. The predicted molar refractivity (Wildman–Crippen MR) is 90.9 cm³/mol. The van der Waals surface area contributed by atoms with Gasteiger partial charge in [-0.2, -0.15) is 11.3 Å². The van der Waals surface area contributed by atoms with Gasteiger partial charge < -0.3 is 15.2 Å². The van der Waals surface area contributed by atoms with Crippen molar-refractivity contribution in [3.05, 3.63) is 34.0 Å². The fourth-order valence-corrected chi connectivity index (χ4v) is 2.54. The minimum absolute atomic E-state index is 0.610. The zero-order valence-electron chi connectivity index (χ0n) is 13.5. The lowest BCUT2D eigenvalue weighted by Crippen LogP contribution is -2.38. The van der Waals surface area contributed by atoms with Gasteiger partial charge in [0, 0.05) is 13.6 Å². The Hall–Kier alpha value is -1.89. The number of nitrogens with zero attached hydrogens (tertiary/aromatic N) is 4. The number of aryl methyl sites for hydroxylation is 1. The second kappa shape index (κ2) is 8.53. The molecular formula is C15H24N6S. The van der Waals surface area contributed by atoms with Crippen molar-refractivity contribution in [2.24, 2.45) is 12.0 Å². The molecule has 0 saturated heterocycles. The molecule has 0 unspecified atom stereocenters. The molecule has 2 rings (SSSR count). The first-order valence-corrected chi connectivity index (χ1v) is 8.53. The number of hydrogen-bond donors (Lipinski definition) is 2. The second-order valence-electron chi connectivity index (χ2n) is 5.15. The third-order valence-corrected chi connectivity index (χ3v) is 4.15. The van der Waals surface area contributed by atoms with Crippen molar-refractivity contribution < 1.29 is 0 Å². The van der Waals surface area contributed by atoms with Gasteiger partial charge in [0.1, 0.15) is 5.82 Å². The van der Waals surface area contributed by atoms with E-state index in [1.807, 2.05) is 18.5 Å². The highest BCUT2D eigenvalue weighted by molar-refractivity contribution is 7.07. The first kappa shape index (κ1) is 16.5. The van der Waals surface area contributed by atoms with E-state index in [0.717, 1.165) is 37.0 Å². The number of rotatable bonds is 7. The van der Waals surface area contributed by atoms with E-state index < -0.39 is 0 Å². The lowest BCUT2D eigenvalue weighted by molar-refractivity contribution is 0.695. The van der Waals surface area contributed by atoms with Crippen LogP contribution in [-0.2, 0) is 20.1 Å². The summed E-state index contributed by atoms with van der Waals surface area (Å²) >= 11 is 1.70. The van der Waals surface area contributed by atoms with E-state index in [0.29, 0.717) is 13.1 Å². The molecule has 0 saturated carbocycles. The van der Waals surface area contributed by atoms with Gasteiger partial charge in [0.15, 0.2) is 11.8 Å². The number of nitrogens with one attached hydrogen (secondary N) is 2. The van der Waals surface area contributed by atoms with E-state index in [9.17, 15) is 0 Å². The van der Waals surface area contributed by atoms with Crippen molar-refractivity contribution in [1.82, 2.24) is 25.4 Å². The topological polar surface area (TPSA) is 67.1 Å². The number of unbranched alkanes of at least 4 members (excludes halogenated alkanes) is 1. The Labute approximate surface area is 135 Å². The van der Waals surface area contributed by atoms with Gasteiger partial charge in [0.05, 0.1) is 13.1 Å². The highest BCUT2D eigenvalue weighted by Crippen LogP contribution is 2.06. The maximum absolute atomic E-state index is 4.63. The van der Waals surface area contributed by atoms with Crippen LogP contribution in [0.2, 0.25) is 0 Å². The third-order valence-electron chi connectivity index (χ3n) is 3.42. The lowest BCUT2D eigenvalue weighted by atomic mass is 10.3. The third kappa shape index (κ3) is 4.84. The summed E-state index contributed by atoms with van der Waals surface area (Å²) in [6.07, 6.45) is 2.29. The van der Waals surface area contributed by atoms with Gasteiger partial charge in [0.25, 0.3) is 0 Å². The van der Waals surface area contributed by atoms with Gasteiger partial charge in [-0.1, -0.05) is 13.3 Å². The fourth-order valence-electron chi connectivity index (χ4n) is 1.88. The highest BCUT2D eigenvalue weighted by Gasteiger charge is 2.06. The Morgan fingerprint density at radius 2 is 2.23 bits per heavy atom. The summed E-state index contributed by atoms with van der Waals surface area (Å²) in [7, 11) is 1.97. The van der Waals surface area contributed by atoms with Gasteiger partial charge in [-0.15, -0.1) is 10.2 Å². The number of hydrogen-bond acceptors (Lipinski definition) is 4. The van der Waals surface area contributed by atoms with Crippen molar-refractivity contribution in [3.63, 3.8) is 0 Å². The first-order chi connectivity index (χ1) is 10.7. The molecule has 0 aliphatic rings. The van der Waals surface area contributed by atoms with Crippen LogP contribution in [0.25, 0.3) is 0 Å². The van der Waals surface area contributed by atoms with Crippen molar-refractivity contribution in [1.29, 1.82) is 0 Å². The number of aliphatic imine (C=N–C) groups is 1. The van der Waals surface area contributed by atoms with Crippen LogP contribution in [-0.4, -0.2) is 27.3 Å². The summed E-state index contributed by atoms with van der Waals surface area (Å²) < 4.78 is 1.98. The Kier molecular flexibility index (Phi) is 6.39. The van der Waals surface area contributed by atoms with Gasteiger partial charge in [-0.3, -0.25) is 0 Å². The summed E-state index contributed by atoms with van der Waals surface area (Å²) in [6.45, 7) is 6.34. The van der Waals surface area contributed by atoms with Crippen LogP contribution in [0.1, 0.15) is 37.0 Å². The van der Waals surface area contributed by atoms with Crippen LogP contribution in [0.5, 0.6) is 0 Å². The van der Waals surface area contributed by atoms with E-state index in [1.165, 1.54) is 5.56 Å². The molecule has 0 amide bonds. The first-order valence-electron chi connectivity index (χ1n) is 7.58. The quantitative estimate of drug-likeness (QED) is 0.466. The molecular weight excluding hydrogens is 296 g/mol. The van der Waals surface area contributed by atoms with E-state index in [1.54, 1.807) is 11.3 Å². The van der Waals surface area contributed by atoms with E-state index in [4.69, 9.17) is 0 Å². The maximum Gasteiger partial charge on any atom is 0.191 e. The van der Waals surface area contributed by atoms with Crippen LogP contribution < -0.4 is 10.6 Å². The SMILES string of the molecule is CCCCNC(=NCc1ccsc1)NCc1nnc(C)n1C.